The average Bonchev–Trinajstić information content (AvgIpc) is 2.39. The van der Waals surface area contributed by atoms with Crippen molar-refractivity contribution in [2.24, 2.45) is 0 Å². The number of aromatic nitrogens is 1. The monoisotopic (exact) mass is 264 g/mol. The lowest BCUT2D eigenvalue weighted by Crippen LogP contribution is -2.08. The fraction of sp³-hybridized carbons (Fsp3) is 0.214. The Morgan fingerprint density at radius 3 is 2.67 bits per heavy atom. The standard InChI is InChI=1S/C14H14ClFN2/c1-18(2)12-5-6-17-14(8-12)13-7-11(16)4-3-10(13)9-15/h3-8H,9H2,1-2H3. The first-order valence-electron chi connectivity index (χ1n) is 5.60. The molecule has 0 saturated heterocycles. The molecule has 0 bridgehead atoms. The largest absolute Gasteiger partial charge is 0.378 e. The van der Waals surface area contributed by atoms with Crippen LogP contribution in [0.3, 0.4) is 0 Å². The molecule has 18 heavy (non-hydrogen) atoms. The summed E-state index contributed by atoms with van der Waals surface area (Å²) in [6.07, 6.45) is 1.72. The molecular formula is C14H14ClFN2. The summed E-state index contributed by atoms with van der Waals surface area (Å²) in [6, 6.07) is 8.41. The molecule has 94 valence electrons. The highest BCUT2D eigenvalue weighted by molar-refractivity contribution is 6.17. The van der Waals surface area contributed by atoms with Crippen molar-refractivity contribution in [2.45, 2.75) is 5.88 Å². The molecular weight excluding hydrogens is 251 g/mol. The van der Waals surface area contributed by atoms with Crippen LogP contribution in [-0.4, -0.2) is 19.1 Å². The summed E-state index contributed by atoms with van der Waals surface area (Å²) < 4.78 is 13.3. The summed E-state index contributed by atoms with van der Waals surface area (Å²) in [5.41, 5.74) is 3.37. The molecule has 1 aromatic heterocycles. The van der Waals surface area contributed by atoms with Gasteiger partial charge in [-0.2, -0.15) is 0 Å². The Balaban J connectivity index is 2.54. The lowest BCUT2D eigenvalue weighted by Gasteiger charge is -2.14. The number of alkyl halides is 1. The van der Waals surface area contributed by atoms with Crippen molar-refractivity contribution in [3.05, 3.63) is 47.9 Å². The zero-order valence-electron chi connectivity index (χ0n) is 10.3. The van der Waals surface area contributed by atoms with Crippen LogP contribution in [0.5, 0.6) is 0 Å². The molecule has 0 aliphatic heterocycles. The minimum absolute atomic E-state index is 0.282. The smallest absolute Gasteiger partial charge is 0.123 e. The van der Waals surface area contributed by atoms with Crippen LogP contribution in [0, 0.1) is 5.82 Å². The lowest BCUT2D eigenvalue weighted by atomic mass is 10.0. The Kier molecular flexibility index (Phi) is 3.82. The third kappa shape index (κ3) is 2.62. The zero-order chi connectivity index (χ0) is 13.1. The average molecular weight is 265 g/mol. The van der Waals surface area contributed by atoms with E-state index in [0.29, 0.717) is 5.88 Å². The summed E-state index contributed by atoms with van der Waals surface area (Å²) in [4.78, 5) is 6.27. The van der Waals surface area contributed by atoms with Gasteiger partial charge in [0.2, 0.25) is 0 Å². The van der Waals surface area contributed by atoms with E-state index in [1.54, 1.807) is 12.3 Å². The molecule has 0 aliphatic rings. The molecule has 0 N–H and O–H groups in total. The van der Waals surface area contributed by atoms with Crippen LogP contribution >= 0.6 is 11.6 Å². The van der Waals surface area contributed by atoms with E-state index >= 15 is 0 Å². The predicted octanol–water partition coefficient (Wildman–Crippen LogP) is 3.69. The highest BCUT2D eigenvalue weighted by atomic mass is 35.5. The van der Waals surface area contributed by atoms with Gasteiger partial charge in [0, 0.05) is 37.4 Å². The molecule has 0 atom stereocenters. The van der Waals surface area contributed by atoms with E-state index in [4.69, 9.17) is 11.6 Å². The molecule has 0 amide bonds. The van der Waals surface area contributed by atoms with Gasteiger partial charge in [0.05, 0.1) is 5.69 Å². The molecule has 0 spiro atoms. The highest BCUT2D eigenvalue weighted by Gasteiger charge is 2.08. The fourth-order valence-corrected chi connectivity index (χ4v) is 1.98. The molecule has 2 nitrogen and oxygen atoms in total. The van der Waals surface area contributed by atoms with Gasteiger partial charge in [0.25, 0.3) is 0 Å². The van der Waals surface area contributed by atoms with Gasteiger partial charge < -0.3 is 4.90 Å². The van der Waals surface area contributed by atoms with Crippen molar-refractivity contribution in [2.75, 3.05) is 19.0 Å². The Labute approximate surface area is 111 Å². The third-order valence-electron chi connectivity index (χ3n) is 2.75. The molecule has 4 heteroatoms. The number of rotatable bonds is 3. The second-order valence-electron chi connectivity index (χ2n) is 4.23. The van der Waals surface area contributed by atoms with Crippen LogP contribution in [0.4, 0.5) is 10.1 Å². The van der Waals surface area contributed by atoms with E-state index in [2.05, 4.69) is 4.98 Å². The molecule has 0 fully saturated rings. The Morgan fingerprint density at radius 1 is 1.22 bits per heavy atom. The van der Waals surface area contributed by atoms with Gasteiger partial charge in [0.1, 0.15) is 5.82 Å². The van der Waals surface area contributed by atoms with E-state index in [0.717, 1.165) is 22.5 Å². The summed E-state index contributed by atoms with van der Waals surface area (Å²) in [5.74, 6) is 0.0552. The molecule has 0 unspecified atom stereocenters. The van der Waals surface area contributed by atoms with E-state index in [-0.39, 0.29) is 5.82 Å². The molecule has 0 saturated carbocycles. The summed E-state index contributed by atoms with van der Waals surface area (Å²) >= 11 is 5.88. The van der Waals surface area contributed by atoms with Gasteiger partial charge in [-0.05, 0) is 29.8 Å². The number of halogens is 2. The summed E-state index contributed by atoms with van der Waals surface area (Å²) in [7, 11) is 3.90. The number of nitrogens with zero attached hydrogens (tertiary/aromatic N) is 2. The van der Waals surface area contributed by atoms with Gasteiger partial charge in [0.15, 0.2) is 0 Å². The first-order valence-corrected chi connectivity index (χ1v) is 6.13. The van der Waals surface area contributed by atoms with Gasteiger partial charge in [-0.15, -0.1) is 11.6 Å². The van der Waals surface area contributed by atoms with E-state index < -0.39 is 0 Å². The van der Waals surface area contributed by atoms with Crippen molar-refractivity contribution in [3.8, 4) is 11.3 Å². The van der Waals surface area contributed by atoms with E-state index in [1.807, 2.05) is 31.1 Å². The SMILES string of the molecule is CN(C)c1ccnc(-c2cc(F)ccc2CCl)c1. The Bertz CT molecular complexity index is 555. The van der Waals surface area contributed by atoms with Crippen LogP contribution in [0.25, 0.3) is 11.3 Å². The van der Waals surface area contributed by atoms with Gasteiger partial charge in [-0.1, -0.05) is 6.07 Å². The number of hydrogen-bond donors (Lipinski definition) is 0. The summed E-state index contributed by atoms with van der Waals surface area (Å²) in [6.45, 7) is 0. The van der Waals surface area contributed by atoms with E-state index in [1.165, 1.54) is 12.1 Å². The molecule has 2 rings (SSSR count). The van der Waals surface area contributed by atoms with Crippen molar-refractivity contribution in [3.63, 3.8) is 0 Å². The summed E-state index contributed by atoms with van der Waals surface area (Å²) in [5, 5.41) is 0. The zero-order valence-corrected chi connectivity index (χ0v) is 11.1. The first kappa shape index (κ1) is 12.8. The van der Waals surface area contributed by atoms with Crippen LogP contribution in [0.1, 0.15) is 5.56 Å². The fourth-order valence-electron chi connectivity index (χ4n) is 1.75. The minimum atomic E-state index is -0.282. The maximum atomic E-state index is 13.3. The van der Waals surface area contributed by atoms with E-state index in [9.17, 15) is 4.39 Å². The molecule has 1 heterocycles. The van der Waals surface area contributed by atoms with Crippen LogP contribution in [-0.2, 0) is 5.88 Å². The molecule has 1 aromatic carbocycles. The molecule has 0 aliphatic carbocycles. The highest BCUT2D eigenvalue weighted by Crippen LogP contribution is 2.26. The second-order valence-corrected chi connectivity index (χ2v) is 4.50. The van der Waals surface area contributed by atoms with Gasteiger partial charge in [-0.25, -0.2) is 4.39 Å². The van der Waals surface area contributed by atoms with Gasteiger partial charge in [-0.3, -0.25) is 4.98 Å². The number of hydrogen-bond acceptors (Lipinski definition) is 2. The maximum absolute atomic E-state index is 13.3. The molecule has 2 aromatic rings. The van der Waals surface area contributed by atoms with Crippen molar-refractivity contribution < 1.29 is 4.39 Å². The first-order chi connectivity index (χ1) is 8.61. The topological polar surface area (TPSA) is 16.1 Å². The lowest BCUT2D eigenvalue weighted by molar-refractivity contribution is 0.628. The minimum Gasteiger partial charge on any atom is -0.378 e. The van der Waals surface area contributed by atoms with Crippen molar-refractivity contribution >= 4 is 17.3 Å². The number of pyridine rings is 1. The normalized spacial score (nSPS) is 10.4. The third-order valence-corrected chi connectivity index (χ3v) is 3.04. The second kappa shape index (κ2) is 5.36. The Morgan fingerprint density at radius 2 is 2.00 bits per heavy atom. The predicted molar refractivity (Wildman–Crippen MR) is 73.5 cm³/mol. The van der Waals surface area contributed by atoms with Crippen molar-refractivity contribution in [1.29, 1.82) is 0 Å². The van der Waals surface area contributed by atoms with Crippen LogP contribution < -0.4 is 4.90 Å². The quantitative estimate of drug-likeness (QED) is 0.786. The molecule has 0 radical (unpaired) electrons. The Hall–Kier alpha value is -1.61. The maximum Gasteiger partial charge on any atom is 0.123 e. The van der Waals surface area contributed by atoms with Crippen LogP contribution in [0.2, 0.25) is 0 Å². The van der Waals surface area contributed by atoms with Crippen molar-refractivity contribution in [1.82, 2.24) is 4.98 Å². The number of benzene rings is 1. The van der Waals surface area contributed by atoms with Gasteiger partial charge >= 0.3 is 0 Å². The number of anilines is 1. The van der Waals surface area contributed by atoms with Crippen LogP contribution in [0.15, 0.2) is 36.5 Å².